The van der Waals surface area contributed by atoms with Crippen LogP contribution in [0.1, 0.15) is 174 Å². The lowest BCUT2D eigenvalue weighted by Crippen LogP contribution is -2.25. The fourth-order valence-corrected chi connectivity index (χ4v) is 8.98. The first kappa shape index (κ1) is 42.9. The summed E-state index contributed by atoms with van der Waals surface area (Å²) < 4.78 is 3.82. The SMILES string of the molecule is CCCCCCCCCCCc1c2c(=O)n3c(/C=C/c4cccc(C)c4)ccc3c(CCCCCCCCCCC)c2c(=O)n2c(/C=C/c3cccc(C)c3)ccc12. The maximum Gasteiger partial charge on any atom is 0.264 e. The Balaban J connectivity index is 1.43. The van der Waals surface area contributed by atoms with Crippen LogP contribution in [0.5, 0.6) is 0 Å². The first-order valence-corrected chi connectivity index (χ1v) is 22.9. The van der Waals surface area contributed by atoms with Crippen molar-refractivity contribution in [3.05, 3.63) is 138 Å². The lowest BCUT2D eigenvalue weighted by atomic mass is 9.95. The van der Waals surface area contributed by atoms with Gasteiger partial charge in [-0.05, 0) is 98.2 Å². The van der Waals surface area contributed by atoms with E-state index >= 15 is 9.59 Å². The minimum atomic E-state index is -0.0710. The van der Waals surface area contributed by atoms with E-state index in [4.69, 9.17) is 0 Å². The van der Waals surface area contributed by atoms with E-state index in [2.05, 4.69) is 125 Å². The maximum absolute atomic E-state index is 15.1. The third-order valence-electron chi connectivity index (χ3n) is 12.2. The van der Waals surface area contributed by atoms with Crippen molar-refractivity contribution in [1.82, 2.24) is 8.80 Å². The van der Waals surface area contributed by atoms with Gasteiger partial charge < -0.3 is 0 Å². The minimum absolute atomic E-state index is 0.0710. The fourth-order valence-electron chi connectivity index (χ4n) is 8.98. The molecule has 0 radical (unpaired) electrons. The summed E-state index contributed by atoms with van der Waals surface area (Å²) in [6.07, 6.45) is 32.2. The molecule has 58 heavy (non-hydrogen) atoms. The Morgan fingerprint density at radius 3 is 1.16 bits per heavy atom. The van der Waals surface area contributed by atoms with Gasteiger partial charge in [-0.15, -0.1) is 0 Å². The molecule has 0 unspecified atom stereocenters. The highest BCUT2D eigenvalue weighted by Crippen LogP contribution is 2.30. The van der Waals surface area contributed by atoms with Gasteiger partial charge in [-0.1, -0.05) is 188 Å². The van der Waals surface area contributed by atoms with Crippen LogP contribution >= 0.6 is 0 Å². The average molecular weight is 777 g/mol. The highest BCUT2D eigenvalue weighted by molar-refractivity contribution is 5.96. The average Bonchev–Trinajstić information content (AvgIpc) is 3.85. The maximum atomic E-state index is 15.1. The molecule has 4 heterocycles. The van der Waals surface area contributed by atoms with E-state index in [1.807, 2.05) is 8.80 Å². The Kier molecular flexibility index (Phi) is 16.2. The van der Waals surface area contributed by atoms with Crippen molar-refractivity contribution in [2.75, 3.05) is 0 Å². The molecule has 0 N–H and O–H groups in total. The molecule has 2 aromatic carbocycles. The molecule has 0 amide bonds. The van der Waals surface area contributed by atoms with Crippen LogP contribution in [0, 0.1) is 13.8 Å². The number of nitrogens with zero attached hydrogens (tertiary/aromatic N) is 2. The van der Waals surface area contributed by atoms with E-state index in [0.717, 1.165) is 83.2 Å². The number of hydrogen-bond donors (Lipinski definition) is 0. The van der Waals surface area contributed by atoms with Crippen molar-refractivity contribution in [2.45, 2.75) is 156 Å². The smallest absolute Gasteiger partial charge is 0.264 e. The summed E-state index contributed by atoms with van der Waals surface area (Å²) in [5.74, 6) is 0. The van der Waals surface area contributed by atoms with Gasteiger partial charge in [-0.2, -0.15) is 0 Å². The summed E-state index contributed by atoms with van der Waals surface area (Å²) in [6, 6.07) is 25.2. The van der Waals surface area contributed by atoms with E-state index < -0.39 is 0 Å². The summed E-state index contributed by atoms with van der Waals surface area (Å²) in [6.45, 7) is 8.75. The number of unbranched alkanes of at least 4 members (excludes halogenated alkanes) is 16. The Morgan fingerprint density at radius 2 is 0.793 bits per heavy atom. The van der Waals surface area contributed by atoms with Gasteiger partial charge in [0.25, 0.3) is 11.1 Å². The molecule has 0 saturated heterocycles. The monoisotopic (exact) mass is 777 g/mol. The van der Waals surface area contributed by atoms with Gasteiger partial charge in [-0.25, -0.2) is 0 Å². The lowest BCUT2D eigenvalue weighted by molar-refractivity contribution is 0.565. The highest BCUT2D eigenvalue weighted by Gasteiger charge is 2.23. The molecule has 0 fully saturated rings. The van der Waals surface area contributed by atoms with Crippen LogP contribution in [0.3, 0.4) is 0 Å². The molecule has 0 saturated carbocycles. The zero-order chi connectivity index (χ0) is 40.7. The van der Waals surface area contributed by atoms with Crippen LogP contribution < -0.4 is 11.1 Å². The van der Waals surface area contributed by atoms with Crippen molar-refractivity contribution >= 4 is 46.1 Å². The Bertz CT molecular complexity index is 2240. The van der Waals surface area contributed by atoms with Gasteiger partial charge in [0.2, 0.25) is 0 Å². The molecule has 0 aliphatic heterocycles. The Hall–Kier alpha value is -4.70. The van der Waals surface area contributed by atoms with Crippen LogP contribution in [-0.4, -0.2) is 8.80 Å². The molecular weight excluding hydrogens is 709 g/mol. The van der Waals surface area contributed by atoms with Crippen LogP contribution in [0.4, 0.5) is 0 Å². The van der Waals surface area contributed by atoms with E-state index in [0.29, 0.717) is 10.8 Å². The highest BCUT2D eigenvalue weighted by atomic mass is 16.1. The molecule has 306 valence electrons. The standard InChI is InChI=1S/C54H68N2O2/c1-5-7-9-11-13-15-17-19-21-29-47-49-37-35-45(33-31-43-27-23-25-41(3)39-43)55(49)54(58)52-48(30-22-20-18-16-14-12-10-8-6-2)50-38-36-46(56(50)53(57)51(47)52)34-32-44-28-24-26-42(4)40-44/h23-28,31-40H,5-22,29-30H2,1-4H3/b33-31+,34-32+. The second kappa shape index (κ2) is 21.9. The van der Waals surface area contributed by atoms with Crippen LogP contribution in [0.2, 0.25) is 0 Å². The molecular formula is C54H68N2O2. The molecule has 0 aliphatic carbocycles. The fraction of sp³-hybridized carbons (Fsp3) is 0.444. The third-order valence-corrected chi connectivity index (χ3v) is 12.2. The largest absolute Gasteiger partial charge is 0.277 e. The number of aromatic nitrogens is 2. The number of hydrogen-bond acceptors (Lipinski definition) is 2. The number of aryl methyl sites for hydroxylation is 4. The zero-order valence-electron chi connectivity index (χ0n) is 36.1. The molecule has 4 nitrogen and oxygen atoms in total. The van der Waals surface area contributed by atoms with Gasteiger partial charge in [0.1, 0.15) is 0 Å². The van der Waals surface area contributed by atoms with Crippen LogP contribution in [-0.2, 0) is 12.8 Å². The minimum Gasteiger partial charge on any atom is -0.277 e. The van der Waals surface area contributed by atoms with E-state index in [-0.39, 0.29) is 11.1 Å². The molecule has 0 aliphatic rings. The van der Waals surface area contributed by atoms with E-state index in [9.17, 15) is 0 Å². The normalized spacial score (nSPS) is 12.1. The number of pyridine rings is 2. The second-order valence-electron chi connectivity index (χ2n) is 16.9. The van der Waals surface area contributed by atoms with Gasteiger partial charge in [-0.3, -0.25) is 18.4 Å². The summed E-state index contributed by atoms with van der Waals surface area (Å²) in [5, 5.41) is 1.26. The predicted molar refractivity (Wildman–Crippen MR) is 252 cm³/mol. The van der Waals surface area contributed by atoms with Gasteiger partial charge >= 0.3 is 0 Å². The van der Waals surface area contributed by atoms with Crippen molar-refractivity contribution in [3.8, 4) is 0 Å². The van der Waals surface area contributed by atoms with Crippen molar-refractivity contribution in [2.24, 2.45) is 0 Å². The van der Waals surface area contributed by atoms with E-state index in [1.54, 1.807) is 0 Å². The third kappa shape index (κ3) is 10.9. The van der Waals surface area contributed by atoms with Crippen molar-refractivity contribution in [3.63, 3.8) is 0 Å². The molecule has 0 atom stereocenters. The van der Waals surface area contributed by atoms with Gasteiger partial charge in [0.05, 0.1) is 21.8 Å². The first-order chi connectivity index (χ1) is 28.4. The summed E-state index contributed by atoms with van der Waals surface area (Å²) >= 11 is 0. The van der Waals surface area contributed by atoms with Crippen molar-refractivity contribution < 1.29 is 0 Å². The molecule has 0 spiro atoms. The molecule has 4 aromatic heterocycles. The van der Waals surface area contributed by atoms with Crippen LogP contribution in [0.25, 0.3) is 46.1 Å². The van der Waals surface area contributed by atoms with Gasteiger partial charge in [0.15, 0.2) is 0 Å². The van der Waals surface area contributed by atoms with Crippen LogP contribution in [0.15, 0.2) is 82.4 Å². The quantitative estimate of drug-likeness (QED) is 0.0575. The first-order valence-electron chi connectivity index (χ1n) is 22.9. The molecule has 6 aromatic rings. The molecule has 0 bridgehead atoms. The number of benzene rings is 2. The molecule has 6 rings (SSSR count). The lowest BCUT2D eigenvalue weighted by Gasteiger charge is -2.16. The topological polar surface area (TPSA) is 43.0 Å². The predicted octanol–water partition coefficient (Wildman–Crippen LogP) is 14.6. The van der Waals surface area contributed by atoms with Gasteiger partial charge in [0, 0.05) is 11.4 Å². The Labute approximate surface area is 348 Å². The van der Waals surface area contributed by atoms with E-state index in [1.165, 1.54) is 101 Å². The number of fused-ring (bicyclic) bond motifs is 3. The summed E-state index contributed by atoms with van der Waals surface area (Å²) in [7, 11) is 0. The summed E-state index contributed by atoms with van der Waals surface area (Å²) in [5.41, 5.74) is 9.97. The zero-order valence-corrected chi connectivity index (χ0v) is 36.1. The Morgan fingerprint density at radius 1 is 0.431 bits per heavy atom. The second-order valence-corrected chi connectivity index (χ2v) is 16.9. The number of rotatable bonds is 24. The molecule has 4 heteroatoms. The van der Waals surface area contributed by atoms with Crippen molar-refractivity contribution in [1.29, 1.82) is 0 Å². The summed E-state index contributed by atoms with van der Waals surface area (Å²) in [4.78, 5) is 30.2.